The fourth-order valence-corrected chi connectivity index (χ4v) is 5.03. The van der Waals surface area contributed by atoms with Gasteiger partial charge >= 0.3 is 5.97 Å². The third-order valence-corrected chi connectivity index (χ3v) is 6.40. The molecule has 2 aliphatic heterocycles. The van der Waals surface area contributed by atoms with Gasteiger partial charge in [-0.3, -0.25) is 4.79 Å². The monoisotopic (exact) mass is 368 g/mol. The summed E-state index contributed by atoms with van der Waals surface area (Å²) in [7, 11) is 0. The maximum atomic E-state index is 11.1. The van der Waals surface area contributed by atoms with Crippen LogP contribution in [0.1, 0.15) is 30.7 Å². The van der Waals surface area contributed by atoms with Crippen LogP contribution < -0.4 is 9.80 Å². The zero-order chi connectivity index (χ0) is 17.8. The summed E-state index contributed by atoms with van der Waals surface area (Å²) in [5.41, 5.74) is 4.95. The van der Waals surface area contributed by atoms with E-state index in [-0.39, 0.29) is 5.92 Å². The van der Waals surface area contributed by atoms with Gasteiger partial charge < -0.3 is 14.9 Å². The minimum absolute atomic E-state index is 0.243. The van der Waals surface area contributed by atoms with Crippen molar-refractivity contribution in [1.82, 2.24) is 0 Å². The molecule has 4 nitrogen and oxygen atoms in total. The molecule has 2 atom stereocenters. The maximum absolute atomic E-state index is 11.1. The second-order valence-corrected chi connectivity index (χ2v) is 8.07. The molecule has 0 bridgehead atoms. The first-order chi connectivity index (χ1) is 12.6. The number of anilines is 3. The molecule has 1 saturated carbocycles. The molecule has 2 aromatic rings. The topological polar surface area (TPSA) is 43.8 Å². The van der Waals surface area contributed by atoms with E-state index in [1.807, 2.05) is 6.07 Å². The van der Waals surface area contributed by atoms with Gasteiger partial charge in [0.1, 0.15) is 0 Å². The molecule has 26 heavy (non-hydrogen) atoms. The third kappa shape index (κ3) is 2.39. The Morgan fingerprint density at radius 1 is 1.08 bits per heavy atom. The Hall–Kier alpha value is -2.20. The van der Waals surface area contributed by atoms with Gasteiger partial charge in [0.25, 0.3) is 0 Å². The van der Waals surface area contributed by atoms with E-state index in [9.17, 15) is 4.79 Å². The van der Waals surface area contributed by atoms with Crippen LogP contribution in [0, 0.1) is 5.92 Å². The number of carboxylic acids is 1. The molecule has 2 aromatic carbocycles. The molecular formula is C21H21ClN2O2. The molecule has 5 heteroatoms. The lowest BCUT2D eigenvalue weighted by Gasteiger charge is -2.39. The van der Waals surface area contributed by atoms with Crippen molar-refractivity contribution in [3.63, 3.8) is 0 Å². The Morgan fingerprint density at radius 2 is 1.88 bits per heavy atom. The third-order valence-electron chi connectivity index (χ3n) is 6.16. The maximum Gasteiger partial charge on any atom is 0.310 e. The number of rotatable bonds is 3. The summed E-state index contributed by atoms with van der Waals surface area (Å²) in [5, 5.41) is 9.92. The number of carboxylic acid groups (broad SMARTS) is 1. The highest BCUT2D eigenvalue weighted by molar-refractivity contribution is 6.30. The Labute approximate surface area is 158 Å². The average molecular weight is 369 g/mol. The lowest BCUT2D eigenvalue weighted by Crippen LogP contribution is -2.50. The lowest BCUT2D eigenvalue weighted by molar-refractivity contribution is -0.142. The summed E-state index contributed by atoms with van der Waals surface area (Å²) in [5.74, 6) is -0.378. The number of benzene rings is 2. The van der Waals surface area contributed by atoms with Gasteiger partial charge in [-0.05, 0) is 54.8 Å². The summed E-state index contributed by atoms with van der Waals surface area (Å²) in [6, 6.07) is 15.3. The number of hydrogen-bond acceptors (Lipinski definition) is 3. The Balaban J connectivity index is 1.49. The van der Waals surface area contributed by atoms with Crippen LogP contribution in [0.4, 0.5) is 17.1 Å². The minimum Gasteiger partial charge on any atom is -0.481 e. The van der Waals surface area contributed by atoms with Gasteiger partial charge in [-0.15, -0.1) is 0 Å². The average Bonchev–Trinajstić information content (AvgIpc) is 3.14. The lowest BCUT2D eigenvalue weighted by atomic mass is 9.98. The van der Waals surface area contributed by atoms with Gasteiger partial charge in [0.05, 0.1) is 5.92 Å². The second kappa shape index (κ2) is 5.92. The molecule has 0 spiro atoms. The van der Waals surface area contributed by atoms with Crippen molar-refractivity contribution in [2.45, 2.75) is 31.2 Å². The predicted octanol–water partition coefficient (Wildman–Crippen LogP) is 4.65. The van der Waals surface area contributed by atoms with Crippen molar-refractivity contribution >= 4 is 34.6 Å². The van der Waals surface area contributed by atoms with Crippen LogP contribution in [0.15, 0.2) is 42.5 Å². The van der Waals surface area contributed by atoms with E-state index in [2.05, 4.69) is 46.2 Å². The van der Waals surface area contributed by atoms with Gasteiger partial charge in [0, 0.05) is 47.1 Å². The van der Waals surface area contributed by atoms with Gasteiger partial charge in [0.15, 0.2) is 0 Å². The van der Waals surface area contributed by atoms with Crippen molar-refractivity contribution in [2.24, 2.45) is 5.92 Å². The van der Waals surface area contributed by atoms with E-state index in [4.69, 9.17) is 16.7 Å². The molecule has 0 amide bonds. The van der Waals surface area contributed by atoms with Crippen LogP contribution in [-0.2, 0) is 4.79 Å². The van der Waals surface area contributed by atoms with Crippen molar-refractivity contribution in [1.29, 1.82) is 0 Å². The predicted molar refractivity (Wildman–Crippen MR) is 104 cm³/mol. The highest BCUT2D eigenvalue weighted by Gasteiger charge is 2.42. The fourth-order valence-electron chi connectivity index (χ4n) is 4.85. The number of carbonyl (C=O) groups is 1. The molecule has 1 aliphatic carbocycles. The van der Waals surface area contributed by atoms with Crippen molar-refractivity contribution < 1.29 is 9.90 Å². The van der Waals surface area contributed by atoms with Crippen molar-refractivity contribution in [3.05, 3.63) is 53.1 Å². The van der Waals surface area contributed by atoms with Crippen molar-refractivity contribution in [3.8, 4) is 0 Å². The Bertz CT molecular complexity index is 878. The molecule has 0 aromatic heterocycles. The molecule has 2 unspecified atom stereocenters. The number of hydrogen-bond donors (Lipinski definition) is 1. The molecule has 1 saturated heterocycles. The Morgan fingerprint density at radius 3 is 2.69 bits per heavy atom. The summed E-state index contributed by atoms with van der Waals surface area (Å²) < 4.78 is 0. The van der Waals surface area contributed by atoms with E-state index < -0.39 is 5.97 Å². The highest BCUT2D eigenvalue weighted by Crippen LogP contribution is 2.53. The van der Waals surface area contributed by atoms with Gasteiger partial charge in [-0.1, -0.05) is 24.1 Å². The second-order valence-electron chi connectivity index (χ2n) is 7.64. The van der Waals surface area contributed by atoms with Crippen LogP contribution >= 0.6 is 11.6 Å². The minimum atomic E-state index is -0.698. The van der Waals surface area contributed by atoms with E-state index in [0.717, 1.165) is 10.7 Å². The zero-order valence-electron chi connectivity index (χ0n) is 14.4. The van der Waals surface area contributed by atoms with E-state index >= 15 is 0 Å². The summed E-state index contributed by atoms with van der Waals surface area (Å²) >= 11 is 6.27. The summed E-state index contributed by atoms with van der Waals surface area (Å²) in [6.07, 6.45) is 3.68. The van der Waals surface area contributed by atoms with Gasteiger partial charge in [0.2, 0.25) is 0 Å². The SMILES string of the molecule is O=C(O)C1CN(c2cccc(N3c4ccc(Cl)cc4C4CCCC43)c2)C1. The number of halogens is 1. The summed E-state index contributed by atoms with van der Waals surface area (Å²) in [4.78, 5) is 15.7. The number of fused-ring (bicyclic) bond motifs is 3. The number of aliphatic carboxylic acids is 1. The van der Waals surface area contributed by atoms with E-state index in [1.165, 1.54) is 36.2 Å². The van der Waals surface area contributed by atoms with Crippen LogP contribution in [0.2, 0.25) is 5.02 Å². The summed E-state index contributed by atoms with van der Waals surface area (Å²) in [6.45, 7) is 1.19. The first-order valence-electron chi connectivity index (χ1n) is 9.28. The largest absolute Gasteiger partial charge is 0.481 e. The quantitative estimate of drug-likeness (QED) is 0.856. The zero-order valence-corrected chi connectivity index (χ0v) is 15.2. The molecular weight excluding hydrogens is 348 g/mol. The molecule has 3 aliphatic rings. The first kappa shape index (κ1) is 16.0. The van der Waals surface area contributed by atoms with Crippen LogP contribution in [0.5, 0.6) is 0 Å². The highest BCUT2D eigenvalue weighted by atomic mass is 35.5. The normalized spacial score (nSPS) is 24.3. The molecule has 2 fully saturated rings. The molecule has 0 radical (unpaired) electrons. The molecule has 5 rings (SSSR count). The number of nitrogens with zero attached hydrogens (tertiary/aromatic N) is 2. The standard InChI is InChI=1S/C21H21ClN2O2/c22-14-7-8-20-18(9-14)17-5-2-6-19(17)24(20)16-4-1-3-15(10-16)23-11-13(12-23)21(25)26/h1,3-4,7-10,13,17,19H,2,5-6,11-12H2,(H,25,26). The van der Waals surface area contributed by atoms with Gasteiger partial charge in [-0.25, -0.2) is 0 Å². The van der Waals surface area contributed by atoms with Crippen LogP contribution in [0.25, 0.3) is 0 Å². The van der Waals surface area contributed by atoms with E-state index in [1.54, 1.807) is 0 Å². The van der Waals surface area contributed by atoms with Gasteiger partial charge in [-0.2, -0.15) is 0 Å². The molecule has 2 heterocycles. The van der Waals surface area contributed by atoms with Crippen LogP contribution in [0.3, 0.4) is 0 Å². The molecule has 134 valence electrons. The molecule has 1 N–H and O–H groups in total. The first-order valence-corrected chi connectivity index (χ1v) is 9.66. The van der Waals surface area contributed by atoms with Crippen LogP contribution in [-0.4, -0.2) is 30.2 Å². The Kier molecular flexibility index (Phi) is 3.64. The smallest absolute Gasteiger partial charge is 0.310 e. The fraction of sp³-hybridized carbons (Fsp3) is 0.381. The van der Waals surface area contributed by atoms with E-state index in [0.29, 0.717) is 25.0 Å². The van der Waals surface area contributed by atoms with Crippen molar-refractivity contribution in [2.75, 3.05) is 22.9 Å².